The maximum absolute atomic E-state index is 13.4. The first kappa shape index (κ1) is 18.0. The lowest BCUT2D eigenvalue weighted by molar-refractivity contribution is -0.135. The highest BCUT2D eigenvalue weighted by molar-refractivity contribution is 5.80. The summed E-state index contributed by atoms with van der Waals surface area (Å²) in [7, 11) is 0. The molecule has 3 atom stereocenters. The molecule has 0 radical (unpaired) electrons. The normalized spacial score (nSPS) is 23.7. The van der Waals surface area contributed by atoms with Gasteiger partial charge in [0.2, 0.25) is 5.91 Å². The number of benzene rings is 1. The van der Waals surface area contributed by atoms with Gasteiger partial charge in [-0.25, -0.2) is 9.07 Å². The second-order valence-electron chi connectivity index (χ2n) is 7.60. The fourth-order valence-electron chi connectivity index (χ4n) is 4.30. The molecular weight excluding hydrogens is 347 g/mol. The van der Waals surface area contributed by atoms with Gasteiger partial charge >= 0.3 is 0 Å². The minimum Gasteiger partial charge on any atom is -0.341 e. The molecule has 3 heterocycles. The molecule has 1 N–H and O–H groups in total. The second-order valence-corrected chi connectivity index (χ2v) is 7.60. The molecule has 4 rings (SSSR count). The van der Waals surface area contributed by atoms with Gasteiger partial charge in [-0.15, -0.1) is 5.10 Å². The molecule has 0 spiro atoms. The van der Waals surface area contributed by atoms with Crippen LogP contribution in [0.2, 0.25) is 0 Å². The van der Waals surface area contributed by atoms with E-state index in [1.807, 2.05) is 4.90 Å². The summed E-state index contributed by atoms with van der Waals surface area (Å²) in [4.78, 5) is 15.4. The van der Waals surface area contributed by atoms with Crippen LogP contribution < -0.4 is 5.32 Å². The molecule has 144 valence electrons. The van der Waals surface area contributed by atoms with Crippen LogP contribution in [0, 0.1) is 24.6 Å². The van der Waals surface area contributed by atoms with Crippen molar-refractivity contribution in [1.29, 1.82) is 0 Å². The summed E-state index contributed by atoms with van der Waals surface area (Å²) in [6.07, 6.45) is 2.50. The van der Waals surface area contributed by atoms with Gasteiger partial charge in [0, 0.05) is 19.5 Å². The lowest BCUT2D eigenvalue weighted by Gasteiger charge is -2.27. The van der Waals surface area contributed by atoms with Crippen molar-refractivity contribution in [3.05, 3.63) is 41.5 Å². The summed E-state index contributed by atoms with van der Waals surface area (Å²) in [5.74, 6) is 1.68. The molecule has 2 aliphatic heterocycles. The summed E-state index contributed by atoms with van der Waals surface area (Å²) in [5, 5.41) is 15.2. The number of aryl methyl sites for hydroxylation is 1. The Bertz CT molecular complexity index is 778. The summed E-state index contributed by atoms with van der Waals surface area (Å²) in [6.45, 7) is 5.44. The van der Waals surface area contributed by atoms with Crippen LogP contribution in [0.1, 0.15) is 30.3 Å². The number of tetrazole rings is 1. The van der Waals surface area contributed by atoms with Crippen molar-refractivity contribution in [1.82, 2.24) is 30.4 Å². The van der Waals surface area contributed by atoms with E-state index in [4.69, 9.17) is 0 Å². The molecular formula is C19H25FN6O. The number of amides is 1. The van der Waals surface area contributed by atoms with Crippen LogP contribution >= 0.6 is 0 Å². The Balaban J connectivity index is 1.55. The van der Waals surface area contributed by atoms with E-state index in [0.717, 1.165) is 44.6 Å². The van der Waals surface area contributed by atoms with Crippen molar-refractivity contribution in [2.75, 3.05) is 26.2 Å². The van der Waals surface area contributed by atoms with E-state index in [0.29, 0.717) is 24.1 Å². The van der Waals surface area contributed by atoms with Gasteiger partial charge < -0.3 is 10.2 Å². The van der Waals surface area contributed by atoms with Crippen LogP contribution in [-0.4, -0.2) is 57.2 Å². The van der Waals surface area contributed by atoms with Gasteiger partial charge in [-0.3, -0.25) is 4.79 Å². The van der Waals surface area contributed by atoms with E-state index in [-0.39, 0.29) is 11.7 Å². The Morgan fingerprint density at radius 2 is 1.89 bits per heavy atom. The average molecular weight is 372 g/mol. The van der Waals surface area contributed by atoms with Crippen molar-refractivity contribution in [3.63, 3.8) is 0 Å². The molecule has 8 heteroatoms. The summed E-state index contributed by atoms with van der Waals surface area (Å²) in [5.41, 5.74) is 0.889. The van der Waals surface area contributed by atoms with Crippen molar-refractivity contribution in [3.8, 4) is 0 Å². The molecule has 2 aromatic rings. The van der Waals surface area contributed by atoms with Crippen LogP contribution in [-0.2, 0) is 11.2 Å². The van der Waals surface area contributed by atoms with Gasteiger partial charge in [0.25, 0.3) is 0 Å². The first-order valence-corrected chi connectivity index (χ1v) is 9.60. The first-order chi connectivity index (χ1) is 13.1. The number of carbonyl (C=O) groups excluding carboxylic acids is 1. The molecule has 1 amide bonds. The number of aromatic nitrogens is 4. The standard InChI is InChI=1S/C19H25FN6O/c1-13-22-23-24-26(13)18(10-14-2-4-17(20)5-3-14)19(27)25-8-6-15-11-21-12-16(15)7-9-25/h2-5,15-16,18,21H,6-12H2,1H3/t15-,16+,18?. The van der Waals surface area contributed by atoms with Crippen LogP contribution in [0.4, 0.5) is 4.39 Å². The van der Waals surface area contributed by atoms with Gasteiger partial charge in [0.05, 0.1) is 0 Å². The maximum Gasteiger partial charge on any atom is 0.247 e. The van der Waals surface area contributed by atoms with Crippen molar-refractivity contribution < 1.29 is 9.18 Å². The van der Waals surface area contributed by atoms with Gasteiger partial charge in [-0.05, 0) is 72.8 Å². The molecule has 1 aromatic heterocycles. The molecule has 27 heavy (non-hydrogen) atoms. The summed E-state index contributed by atoms with van der Waals surface area (Å²) < 4.78 is 14.8. The zero-order chi connectivity index (χ0) is 18.8. The Morgan fingerprint density at radius 1 is 1.22 bits per heavy atom. The molecule has 0 bridgehead atoms. The first-order valence-electron chi connectivity index (χ1n) is 9.60. The van der Waals surface area contributed by atoms with E-state index >= 15 is 0 Å². The second kappa shape index (κ2) is 7.72. The molecule has 2 aliphatic rings. The minimum absolute atomic E-state index is 0.0441. The predicted octanol–water partition coefficient (Wildman–Crippen LogP) is 1.36. The topological polar surface area (TPSA) is 75.9 Å². The van der Waals surface area contributed by atoms with Gasteiger partial charge in [-0.1, -0.05) is 12.1 Å². The van der Waals surface area contributed by atoms with Crippen LogP contribution in [0.15, 0.2) is 24.3 Å². The van der Waals surface area contributed by atoms with Crippen LogP contribution in [0.5, 0.6) is 0 Å². The Labute approximate surface area is 157 Å². The zero-order valence-corrected chi connectivity index (χ0v) is 15.5. The molecule has 7 nitrogen and oxygen atoms in total. The molecule has 0 aliphatic carbocycles. The highest BCUT2D eigenvalue weighted by atomic mass is 19.1. The highest BCUT2D eigenvalue weighted by Crippen LogP contribution is 2.28. The molecule has 1 aromatic carbocycles. The number of hydrogen-bond acceptors (Lipinski definition) is 5. The highest BCUT2D eigenvalue weighted by Gasteiger charge is 2.34. The fourth-order valence-corrected chi connectivity index (χ4v) is 4.30. The van der Waals surface area contributed by atoms with Crippen molar-refractivity contribution in [2.45, 2.75) is 32.2 Å². The van der Waals surface area contributed by atoms with E-state index in [1.165, 1.54) is 12.1 Å². The zero-order valence-electron chi connectivity index (χ0n) is 15.5. The molecule has 2 fully saturated rings. The van der Waals surface area contributed by atoms with E-state index in [1.54, 1.807) is 23.7 Å². The smallest absolute Gasteiger partial charge is 0.247 e. The Kier molecular flexibility index (Phi) is 5.15. The quantitative estimate of drug-likeness (QED) is 0.877. The van der Waals surface area contributed by atoms with Crippen LogP contribution in [0.3, 0.4) is 0 Å². The number of nitrogens with zero attached hydrogens (tertiary/aromatic N) is 5. The lowest BCUT2D eigenvalue weighted by Crippen LogP contribution is -2.40. The largest absolute Gasteiger partial charge is 0.341 e. The Morgan fingerprint density at radius 3 is 2.48 bits per heavy atom. The number of fused-ring (bicyclic) bond motifs is 1. The number of hydrogen-bond donors (Lipinski definition) is 1. The number of likely N-dealkylation sites (tertiary alicyclic amines) is 1. The molecule has 0 saturated carbocycles. The summed E-state index contributed by atoms with van der Waals surface area (Å²) in [6, 6.07) is 5.76. The lowest BCUT2D eigenvalue weighted by atomic mass is 9.92. The maximum atomic E-state index is 13.4. The number of halogens is 1. The SMILES string of the molecule is Cc1nnnn1C(Cc1ccc(F)cc1)C(=O)N1CC[C@@H]2CNC[C@@H]2CC1. The van der Waals surface area contributed by atoms with Crippen molar-refractivity contribution >= 4 is 5.91 Å². The molecule has 2 saturated heterocycles. The average Bonchev–Trinajstić information content (AvgIpc) is 3.25. The predicted molar refractivity (Wildman–Crippen MR) is 97.4 cm³/mol. The Hall–Kier alpha value is -2.35. The van der Waals surface area contributed by atoms with Gasteiger partial charge in [0.1, 0.15) is 17.7 Å². The van der Waals surface area contributed by atoms with E-state index in [9.17, 15) is 9.18 Å². The number of nitrogens with one attached hydrogen (secondary N) is 1. The number of carbonyl (C=O) groups is 1. The third-order valence-electron chi connectivity index (χ3n) is 5.91. The third kappa shape index (κ3) is 3.85. The fraction of sp³-hybridized carbons (Fsp3) is 0.579. The van der Waals surface area contributed by atoms with Gasteiger partial charge in [-0.2, -0.15) is 0 Å². The monoisotopic (exact) mass is 372 g/mol. The van der Waals surface area contributed by atoms with Gasteiger partial charge in [0.15, 0.2) is 0 Å². The van der Waals surface area contributed by atoms with Crippen LogP contribution in [0.25, 0.3) is 0 Å². The number of rotatable bonds is 4. The summed E-state index contributed by atoms with van der Waals surface area (Å²) >= 11 is 0. The third-order valence-corrected chi connectivity index (χ3v) is 5.91. The van der Waals surface area contributed by atoms with E-state index in [2.05, 4.69) is 20.8 Å². The van der Waals surface area contributed by atoms with E-state index < -0.39 is 6.04 Å². The van der Waals surface area contributed by atoms with Crippen molar-refractivity contribution in [2.24, 2.45) is 11.8 Å². The molecule has 1 unspecified atom stereocenters. The minimum atomic E-state index is -0.512.